The van der Waals surface area contributed by atoms with Crippen molar-refractivity contribution in [2.24, 2.45) is 5.73 Å². The van der Waals surface area contributed by atoms with Gasteiger partial charge in [0.05, 0.1) is 0 Å². The van der Waals surface area contributed by atoms with Crippen LogP contribution in [0.4, 0.5) is 0 Å². The maximum Gasteiger partial charge on any atom is 0.129 e. The second kappa shape index (κ2) is 5.00. The van der Waals surface area contributed by atoms with Crippen LogP contribution in [0.15, 0.2) is 18.2 Å². The minimum atomic E-state index is 0.536. The van der Waals surface area contributed by atoms with E-state index in [9.17, 15) is 0 Å². The predicted octanol–water partition coefficient (Wildman–Crippen LogP) is 2.41. The van der Waals surface area contributed by atoms with Crippen LogP contribution in [0.5, 0.6) is 0 Å². The first-order valence-electron chi connectivity index (χ1n) is 4.24. The fourth-order valence-electron chi connectivity index (χ4n) is 1.02. The van der Waals surface area contributed by atoms with Crippen LogP contribution < -0.4 is 5.73 Å². The quantitative estimate of drug-likeness (QED) is 0.755. The van der Waals surface area contributed by atoms with Gasteiger partial charge in [0.25, 0.3) is 0 Å². The molecule has 13 heavy (non-hydrogen) atoms. The molecule has 1 rings (SSSR count). The highest BCUT2D eigenvalue weighted by Crippen LogP contribution is 2.12. The Bertz CT molecular complexity index is 308. The van der Waals surface area contributed by atoms with Crippen LogP contribution in [0.25, 0.3) is 6.08 Å². The molecule has 0 spiro atoms. The number of aryl methyl sites for hydroxylation is 1. The van der Waals surface area contributed by atoms with E-state index in [1.165, 1.54) is 0 Å². The molecule has 0 aliphatic rings. The van der Waals surface area contributed by atoms with Crippen molar-refractivity contribution in [3.8, 4) is 0 Å². The summed E-state index contributed by atoms with van der Waals surface area (Å²) in [6.45, 7) is 2.62. The van der Waals surface area contributed by atoms with Crippen molar-refractivity contribution < 1.29 is 0 Å². The minimum absolute atomic E-state index is 0.536. The molecule has 1 heterocycles. The number of rotatable bonds is 3. The maximum absolute atomic E-state index is 5.72. The molecule has 0 bridgehead atoms. The monoisotopic (exact) mass is 196 g/mol. The second-order valence-electron chi connectivity index (χ2n) is 2.79. The molecule has 1 aromatic rings. The number of halogens is 1. The summed E-state index contributed by atoms with van der Waals surface area (Å²) in [4.78, 5) is 4.14. The highest BCUT2D eigenvalue weighted by atomic mass is 35.5. The fraction of sp³-hybridized carbons (Fsp3) is 0.300. The zero-order valence-corrected chi connectivity index (χ0v) is 8.38. The summed E-state index contributed by atoms with van der Waals surface area (Å²) in [6, 6.07) is 3.74. The smallest absolute Gasteiger partial charge is 0.129 e. The third-order valence-corrected chi connectivity index (χ3v) is 1.93. The van der Waals surface area contributed by atoms with Gasteiger partial charge in [-0.15, -0.1) is 0 Å². The van der Waals surface area contributed by atoms with E-state index in [2.05, 4.69) is 4.98 Å². The van der Waals surface area contributed by atoms with Crippen LogP contribution >= 0.6 is 11.6 Å². The zero-order valence-electron chi connectivity index (χ0n) is 7.63. The average molecular weight is 197 g/mol. The van der Waals surface area contributed by atoms with Crippen LogP contribution in [-0.4, -0.2) is 11.5 Å². The van der Waals surface area contributed by atoms with Crippen molar-refractivity contribution in [2.45, 2.75) is 13.3 Å². The van der Waals surface area contributed by atoms with Gasteiger partial charge in [0, 0.05) is 5.69 Å². The summed E-state index contributed by atoms with van der Waals surface area (Å²) in [5.74, 6) is 0. The van der Waals surface area contributed by atoms with E-state index >= 15 is 0 Å². The number of pyridine rings is 1. The summed E-state index contributed by atoms with van der Waals surface area (Å²) < 4.78 is 0. The normalized spacial score (nSPS) is 11.0. The summed E-state index contributed by atoms with van der Waals surface area (Å²) >= 11 is 5.72. The SMILES string of the molecule is Cc1nc(Cl)ccc1C=CCCN. The van der Waals surface area contributed by atoms with E-state index in [4.69, 9.17) is 17.3 Å². The van der Waals surface area contributed by atoms with Gasteiger partial charge < -0.3 is 5.73 Å². The van der Waals surface area contributed by atoms with E-state index in [0.29, 0.717) is 11.7 Å². The van der Waals surface area contributed by atoms with Crippen molar-refractivity contribution in [3.05, 3.63) is 34.6 Å². The molecule has 3 heteroatoms. The molecule has 2 N–H and O–H groups in total. The van der Waals surface area contributed by atoms with Crippen LogP contribution in [0.3, 0.4) is 0 Å². The molecule has 1 aromatic heterocycles. The first kappa shape index (κ1) is 10.2. The van der Waals surface area contributed by atoms with E-state index < -0.39 is 0 Å². The van der Waals surface area contributed by atoms with Crippen molar-refractivity contribution in [2.75, 3.05) is 6.54 Å². The number of nitrogens with zero attached hydrogens (tertiary/aromatic N) is 1. The van der Waals surface area contributed by atoms with E-state index in [-0.39, 0.29) is 0 Å². The third kappa shape index (κ3) is 3.17. The lowest BCUT2D eigenvalue weighted by Gasteiger charge is -1.98. The Balaban J connectivity index is 2.77. The van der Waals surface area contributed by atoms with Crippen molar-refractivity contribution in [1.82, 2.24) is 4.98 Å². The van der Waals surface area contributed by atoms with E-state index in [1.54, 1.807) is 6.07 Å². The van der Waals surface area contributed by atoms with Crippen LogP contribution in [0.1, 0.15) is 17.7 Å². The van der Waals surface area contributed by atoms with Crippen LogP contribution in [0, 0.1) is 6.92 Å². The summed E-state index contributed by atoms with van der Waals surface area (Å²) in [5, 5.41) is 0.536. The lowest BCUT2D eigenvalue weighted by atomic mass is 10.2. The van der Waals surface area contributed by atoms with Gasteiger partial charge in [-0.1, -0.05) is 29.8 Å². The Labute approximate surface area is 83.4 Å². The van der Waals surface area contributed by atoms with Gasteiger partial charge in [0.2, 0.25) is 0 Å². The molecule has 0 atom stereocenters. The summed E-state index contributed by atoms with van der Waals surface area (Å²) in [7, 11) is 0. The van der Waals surface area contributed by atoms with Crippen LogP contribution in [-0.2, 0) is 0 Å². The molecule has 0 fully saturated rings. The molecule has 2 nitrogen and oxygen atoms in total. The molecule has 0 aromatic carbocycles. The standard InChI is InChI=1S/C10H13ClN2/c1-8-9(4-2-3-7-12)5-6-10(11)13-8/h2,4-6H,3,7,12H2,1H3. The van der Waals surface area contributed by atoms with Gasteiger partial charge in [0.1, 0.15) is 5.15 Å². The Hall–Kier alpha value is -0.860. The lowest BCUT2D eigenvalue weighted by molar-refractivity contribution is 1.01. The lowest BCUT2D eigenvalue weighted by Crippen LogP contribution is -1.95. The van der Waals surface area contributed by atoms with Gasteiger partial charge in [0.15, 0.2) is 0 Å². The van der Waals surface area contributed by atoms with Gasteiger partial charge >= 0.3 is 0 Å². The average Bonchev–Trinajstić information content (AvgIpc) is 2.09. The Kier molecular flexibility index (Phi) is 3.93. The molecule has 70 valence electrons. The first-order valence-corrected chi connectivity index (χ1v) is 4.61. The molecular weight excluding hydrogens is 184 g/mol. The molecule has 0 aliphatic heterocycles. The van der Waals surface area contributed by atoms with Crippen molar-refractivity contribution in [3.63, 3.8) is 0 Å². The van der Waals surface area contributed by atoms with E-state index in [0.717, 1.165) is 17.7 Å². The molecule has 0 amide bonds. The molecule has 0 radical (unpaired) electrons. The Morgan fingerprint density at radius 1 is 1.54 bits per heavy atom. The van der Waals surface area contributed by atoms with E-state index in [1.807, 2.05) is 25.1 Å². The zero-order chi connectivity index (χ0) is 9.68. The topological polar surface area (TPSA) is 38.9 Å². The minimum Gasteiger partial charge on any atom is -0.330 e. The maximum atomic E-state index is 5.72. The van der Waals surface area contributed by atoms with Crippen LogP contribution in [0.2, 0.25) is 5.15 Å². The highest BCUT2D eigenvalue weighted by molar-refractivity contribution is 6.29. The first-order chi connectivity index (χ1) is 6.24. The molecule has 0 saturated heterocycles. The third-order valence-electron chi connectivity index (χ3n) is 1.72. The molecule has 0 unspecified atom stereocenters. The predicted molar refractivity (Wildman–Crippen MR) is 56.7 cm³/mol. The number of hydrogen-bond donors (Lipinski definition) is 1. The van der Waals surface area contributed by atoms with Crippen molar-refractivity contribution in [1.29, 1.82) is 0 Å². The number of aromatic nitrogens is 1. The summed E-state index contributed by atoms with van der Waals surface area (Å²) in [6.07, 6.45) is 4.95. The Morgan fingerprint density at radius 3 is 2.92 bits per heavy atom. The largest absolute Gasteiger partial charge is 0.330 e. The summed E-state index contributed by atoms with van der Waals surface area (Å²) in [5.41, 5.74) is 7.41. The van der Waals surface area contributed by atoms with Gasteiger partial charge in [-0.3, -0.25) is 0 Å². The number of hydrogen-bond acceptors (Lipinski definition) is 2. The highest BCUT2D eigenvalue weighted by Gasteiger charge is 1.95. The fourth-order valence-corrected chi connectivity index (χ4v) is 1.21. The molecular formula is C10H13ClN2. The van der Waals surface area contributed by atoms with Gasteiger partial charge in [-0.25, -0.2) is 4.98 Å². The van der Waals surface area contributed by atoms with Crippen molar-refractivity contribution >= 4 is 17.7 Å². The molecule has 0 aliphatic carbocycles. The Morgan fingerprint density at radius 2 is 2.31 bits per heavy atom. The second-order valence-corrected chi connectivity index (χ2v) is 3.18. The van der Waals surface area contributed by atoms with Gasteiger partial charge in [-0.2, -0.15) is 0 Å². The number of nitrogens with two attached hydrogens (primary N) is 1. The van der Waals surface area contributed by atoms with Gasteiger partial charge in [-0.05, 0) is 31.5 Å². The molecule has 0 saturated carbocycles.